The fraction of sp³-hybridized carbons (Fsp3) is 0.500. The molecule has 0 unspecified atom stereocenters. The van der Waals surface area contributed by atoms with Crippen LogP contribution >= 0.6 is 0 Å². The van der Waals surface area contributed by atoms with Crippen LogP contribution in [-0.4, -0.2) is 19.1 Å². The van der Waals surface area contributed by atoms with E-state index in [1.54, 1.807) is 0 Å². The Labute approximate surface area is 103 Å². The highest BCUT2D eigenvalue weighted by Crippen LogP contribution is 2.16. The predicted molar refractivity (Wildman–Crippen MR) is 68.8 cm³/mol. The molecule has 1 rings (SSSR count). The molecule has 0 saturated heterocycles. The lowest BCUT2D eigenvalue weighted by Gasteiger charge is -2.16. The highest BCUT2D eigenvalue weighted by molar-refractivity contribution is 5.69. The summed E-state index contributed by atoms with van der Waals surface area (Å²) in [5, 5.41) is 3.33. The number of carbonyl (C=O) groups is 1. The Hall–Kier alpha value is -1.35. The molecule has 1 aromatic carbocycles. The maximum atomic E-state index is 11.2. The molecule has 1 aromatic rings. The van der Waals surface area contributed by atoms with Gasteiger partial charge in [-0.25, -0.2) is 0 Å². The smallest absolute Gasteiger partial charge is 0.307 e. The Morgan fingerprint density at radius 3 is 2.76 bits per heavy atom. The van der Waals surface area contributed by atoms with E-state index >= 15 is 0 Å². The monoisotopic (exact) mass is 235 g/mol. The van der Waals surface area contributed by atoms with E-state index in [0.717, 1.165) is 0 Å². The average Bonchev–Trinajstić information content (AvgIpc) is 2.29. The van der Waals surface area contributed by atoms with Gasteiger partial charge in [-0.3, -0.25) is 4.79 Å². The van der Waals surface area contributed by atoms with Crippen LogP contribution in [0.1, 0.15) is 37.4 Å². The van der Waals surface area contributed by atoms with Gasteiger partial charge in [0.05, 0.1) is 13.0 Å². The molecule has 0 aliphatic rings. The van der Waals surface area contributed by atoms with Gasteiger partial charge >= 0.3 is 5.97 Å². The predicted octanol–water partition coefficient (Wildman–Crippen LogP) is 2.60. The first-order valence-electron chi connectivity index (χ1n) is 6.09. The van der Waals surface area contributed by atoms with Crippen LogP contribution in [0.5, 0.6) is 0 Å². The molecule has 0 saturated carbocycles. The number of aryl methyl sites for hydroxylation is 1. The van der Waals surface area contributed by atoms with E-state index in [9.17, 15) is 4.79 Å². The van der Waals surface area contributed by atoms with Crippen molar-refractivity contribution in [2.45, 2.75) is 33.2 Å². The summed E-state index contributed by atoms with van der Waals surface area (Å²) in [4.78, 5) is 11.2. The number of nitrogens with one attached hydrogen (secondary N) is 1. The number of rotatable bonds is 6. The molecule has 3 heteroatoms. The SMILES string of the molecule is CCOC(=O)CCN[C@@H](C)c1ccccc1C. The van der Waals surface area contributed by atoms with Crippen molar-refractivity contribution < 1.29 is 9.53 Å². The summed E-state index contributed by atoms with van der Waals surface area (Å²) in [5.74, 6) is -0.142. The van der Waals surface area contributed by atoms with Crippen molar-refractivity contribution in [3.05, 3.63) is 35.4 Å². The standard InChI is InChI=1S/C14H21NO2/c1-4-17-14(16)9-10-15-12(3)13-8-6-5-7-11(13)2/h5-8,12,15H,4,9-10H2,1-3H3/t12-/m0/s1. The Bertz CT molecular complexity index is 363. The molecular formula is C14H21NO2. The summed E-state index contributed by atoms with van der Waals surface area (Å²) >= 11 is 0. The number of hydrogen-bond acceptors (Lipinski definition) is 3. The molecule has 17 heavy (non-hydrogen) atoms. The highest BCUT2D eigenvalue weighted by atomic mass is 16.5. The zero-order valence-electron chi connectivity index (χ0n) is 10.8. The number of carbonyl (C=O) groups excluding carboxylic acids is 1. The van der Waals surface area contributed by atoms with Crippen LogP contribution in [0.2, 0.25) is 0 Å². The molecule has 0 heterocycles. The summed E-state index contributed by atoms with van der Waals surface area (Å²) in [5.41, 5.74) is 2.54. The molecule has 94 valence electrons. The lowest BCUT2D eigenvalue weighted by Crippen LogP contribution is -2.23. The third-order valence-corrected chi connectivity index (χ3v) is 2.74. The van der Waals surface area contributed by atoms with Crippen molar-refractivity contribution >= 4 is 5.97 Å². The quantitative estimate of drug-likeness (QED) is 0.770. The summed E-state index contributed by atoms with van der Waals surface area (Å²) < 4.78 is 4.87. The zero-order chi connectivity index (χ0) is 12.7. The minimum absolute atomic E-state index is 0.142. The van der Waals surface area contributed by atoms with Crippen molar-refractivity contribution in [2.75, 3.05) is 13.2 Å². The molecule has 0 fully saturated rings. The zero-order valence-corrected chi connectivity index (χ0v) is 10.8. The van der Waals surface area contributed by atoms with Gasteiger partial charge in [-0.15, -0.1) is 0 Å². The first-order chi connectivity index (χ1) is 8.15. The molecule has 0 amide bonds. The van der Waals surface area contributed by atoms with Crippen molar-refractivity contribution in [3.8, 4) is 0 Å². The Morgan fingerprint density at radius 1 is 1.41 bits per heavy atom. The van der Waals surface area contributed by atoms with Gasteiger partial charge in [-0.2, -0.15) is 0 Å². The molecule has 3 nitrogen and oxygen atoms in total. The molecule has 0 radical (unpaired) electrons. The highest BCUT2D eigenvalue weighted by Gasteiger charge is 2.08. The molecule has 0 aliphatic carbocycles. The minimum Gasteiger partial charge on any atom is -0.466 e. The first kappa shape index (κ1) is 13.7. The number of ether oxygens (including phenoxy) is 1. The lowest BCUT2D eigenvalue weighted by atomic mass is 10.0. The van der Waals surface area contributed by atoms with Crippen molar-refractivity contribution in [2.24, 2.45) is 0 Å². The summed E-state index contributed by atoms with van der Waals surface area (Å²) in [6, 6.07) is 8.53. The van der Waals surface area contributed by atoms with Gasteiger partial charge in [0.2, 0.25) is 0 Å². The fourth-order valence-electron chi connectivity index (χ4n) is 1.81. The van der Waals surface area contributed by atoms with E-state index < -0.39 is 0 Å². The molecule has 0 aromatic heterocycles. The maximum absolute atomic E-state index is 11.2. The van der Waals surface area contributed by atoms with Gasteiger partial charge in [0, 0.05) is 12.6 Å². The third kappa shape index (κ3) is 4.57. The van der Waals surface area contributed by atoms with E-state index in [2.05, 4.69) is 31.3 Å². The van der Waals surface area contributed by atoms with Gasteiger partial charge in [0.1, 0.15) is 0 Å². The molecule has 1 atom stereocenters. The fourth-order valence-corrected chi connectivity index (χ4v) is 1.81. The largest absolute Gasteiger partial charge is 0.466 e. The molecule has 0 bridgehead atoms. The van der Waals surface area contributed by atoms with E-state index in [1.807, 2.05) is 19.1 Å². The molecule has 0 aliphatic heterocycles. The van der Waals surface area contributed by atoms with Crippen LogP contribution in [0, 0.1) is 6.92 Å². The Balaban J connectivity index is 2.38. The third-order valence-electron chi connectivity index (χ3n) is 2.74. The van der Waals surface area contributed by atoms with Gasteiger partial charge in [0.15, 0.2) is 0 Å². The summed E-state index contributed by atoms with van der Waals surface area (Å²) in [7, 11) is 0. The molecule has 1 N–H and O–H groups in total. The summed E-state index contributed by atoms with van der Waals surface area (Å²) in [6.45, 7) is 7.12. The first-order valence-corrected chi connectivity index (χ1v) is 6.09. The Morgan fingerprint density at radius 2 is 2.12 bits per heavy atom. The second-order valence-corrected chi connectivity index (χ2v) is 4.09. The van der Waals surface area contributed by atoms with E-state index in [-0.39, 0.29) is 12.0 Å². The lowest BCUT2D eigenvalue weighted by molar-refractivity contribution is -0.143. The van der Waals surface area contributed by atoms with Gasteiger partial charge in [-0.1, -0.05) is 24.3 Å². The van der Waals surface area contributed by atoms with Crippen LogP contribution in [0.25, 0.3) is 0 Å². The topological polar surface area (TPSA) is 38.3 Å². The number of benzene rings is 1. The second-order valence-electron chi connectivity index (χ2n) is 4.09. The summed E-state index contributed by atoms with van der Waals surface area (Å²) in [6.07, 6.45) is 0.421. The van der Waals surface area contributed by atoms with Crippen LogP contribution in [0.4, 0.5) is 0 Å². The molecule has 0 spiro atoms. The maximum Gasteiger partial charge on any atom is 0.307 e. The second kappa shape index (κ2) is 7.07. The minimum atomic E-state index is -0.142. The van der Waals surface area contributed by atoms with Gasteiger partial charge in [0.25, 0.3) is 0 Å². The van der Waals surface area contributed by atoms with E-state index in [4.69, 9.17) is 4.74 Å². The van der Waals surface area contributed by atoms with Gasteiger partial charge < -0.3 is 10.1 Å². The number of hydrogen-bond donors (Lipinski definition) is 1. The van der Waals surface area contributed by atoms with Crippen molar-refractivity contribution in [1.29, 1.82) is 0 Å². The van der Waals surface area contributed by atoms with Crippen LogP contribution in [0.3, 0.4) is 0 Å². The van der Waals surface area contributed by atoms with E-state index in [1.165, 1.54) is 11.1 Å². The molecular weight excluding hydrogens is 214 g/mol. The van der Waals surface area contributed by atoms with E-state index in [0.29, 0.717) is 19.6 Å². The normalized spacial score (nSPS) is 12.2. The van der Waals surface area contributed by atoms with Crippen LogP contribution < -0.4 is 5.32 Å². The van der Waals surface area contributed by atoms with Crippen molar-refractivity contribution in [3.63, 3.8) is 0 Å². The Kier molecular flexibility index (Phi) is 5.70. The number of esters is 1. The van der Waals surface area contributed by atoms with Crippen LogP contribution in [-0.2, 0) is 9.53 Å². The van der Waals surface area contributed by atoms with Gasteiger partial charge in [-0.05, 0) is 31.9 Å². The van der Waals surface area contributed by atoms with Crippen molar-refractivity contribution in [1.82, 2.24) is 5.32 Å². The van der Waals surface area contributed by atoms with Crippen LogP contribution in [0.15, 0.2) is 24.3 Å². The average molecular weight is 235 g/mol.